The molecule has 1 aliphatic heterocycles. The van der Waals surface area contributed by atoms with Gasteiger partial charge >= 0.3 is 13.7 Å². The van der Waals surface area contributed by atoms with Crippen LogP contribution in [0.5, 0.6) is 5.75 Å². The molecule has 2 heterocycles. The van der Waals surface area contributed by atoms with Crippen LogP contribution in [0.2, 0.25) is 0 Å². The molecule has 0 aliphatic carbocycles. The van der Waals surface area contributed by atoms with E-state index in [1.54, 1.807) is 30.5 Å². The molecule has 0 spiro atoms. The molecular formula is C24H33F2N2O7P. The molecule has 1 aromatic heterocycles. The first-order valence-electron chi connectivity index (χ1n) is 11.5. The van der Waals surface area contributed by atoms with Crippen LogP contribution in [0.25, 0.3) is 10.9 Å². The van der Waals surface area contributed by atoms with Crippen LogP contribution >= 0.6 is 7.75 Å². The van der Waals surface area contributed by atoms with E-state index in [0.717, 1.165) is 6.92 Å². The van der Waals surface area contributed by atoms with Gasteiger partial charge in [-0.3, -0.25) is 14.3 Å². The van der Waals surface area contributed by atoms with Crippen molar-refractivity contribution in [2.45, 2.75) is 71.3 Å². The van der Waals surface area contributed by atoms with E-state index in [4.69, 9.17) is 18.5 Å². The topological polar surface area (TPSA) is 116 Å². The van der Waals surface area contributed by atoms with Crippen molar-refractivity contribution >= 4 is 24.6 Å². The summed E-state index contributed by atoms with van der Waals surface area (Å²) in [6.45, 7) is 8.20. The third kappa shape index (κ3) is 6.39. The Morgan fingerprint density at radius 2 is 2.00 bits per heavy atom. The monoisotopic (exact) mass is 530 g/mol. The number of nitrogens with one attached hydrogen (secondary N) is 1. The summed E-state index contributed by atoms with van der Waals surface area (Å²) in [6, 6.07) is 6.92. The van der Waals surface area contributed by atoms with Crippen molar-refractivity contribution in [3.05, 3.63) is 36.5 Å². The first-order valence-corrected chi connectivity index (χ1v) is 13.1. The summed E-state index contributed by atoms with van der Waals surface area (Å²) in [6.07, 6.45) is -1.96. The molecular weight excluding hydrogens is 497 g/mol. The Kier molecular flexibility index (Phi) is 8.13. The maximum Gasteiger partial charge on any atom is 0.459 e. The summed E-state index contributed by atoms with van der Waals surface area (Å²) in [5.74, 6) is -3.68. The van der Waals surface area contributed by atoms with Crippen molar-refractivity contribution in [3.8, 4) is 5.75 Å². The lowest BCUT2D eigenvalue weighted by atomic mass is 9.95. The minimum absolute atomic E-state index is 0.0798. The van der Waals surface area contributed by atoms with Gasteiger partial charge in [-0.2, -0.15) is 5.09 Å². The number of carbonyl (C=O) groups excluding carboxylic acids is 1. The number of aliphatic hydroxyl groups excluding tert-OH is 1. The number of hydrogen-bond donors (Lipinski definition) is 2. The van der Waals surface area contributed by atoms with Gasteiger partial charge in [0, 0.05) is 11.6 Å². The maximum atomic E-state index is 15.4. The number of esters is 1. The average Bonchev–Trinajstić information content (AvgIpc) is 2.95. The van der Waals surface area contributed by atoms with Gasteiger partial charge < -0.3 is 19.1 Å². The number of carbonyl (C=O) groups is 1. The van der Waals surface area contributed by atoms with E-state index in [2.05, 4.69) is 10.1 Å². The fraction of sp³-hybridized carbons (Fsp3) is 0.583. The lowest BCUT2D eigenvalue weighted by Crippen LogP contribution is -2.47. The zero-order valence-electron chi connectivity index (χ0n) is 21.2. The van der Waals surface area contributed by atoms with Crippen LogP contribution in [-0.4, -0.2) is 59.0 Å². The third-order valence-corrected chi connectivity index (χ3v) is 7.33. The zero-order chi connectivity index (χ0) is 26.9. The van der Waals surface area contributed by atoms with Crippen molar-refractivity contribution in [2.75, 3.05) is 13.2 Å². The van der Waals surface area contributed by atoms with E-state index >= 15 is 4.39 Å². The highest BCUT2D eigenvalue weighted by molar-refractivity contribution is 7.52. The van der Waals surface area contributed by atoms with E-state index in [-0.39, 0.29) is 17.8 Å². The fourth-order valence-electron chi connectivity index (χ4n) is 3.48. The van der Waals surface area contributed by atoms with Gasteiger partial charge in [0.1, 0.15) is 18.4 Å². The molecule has 6 atom stereocenters. The Hall–Kier alpha value is -2.17. The lowest BCUT2D eigenvalue weighted by molar-refractivity contribution is -0.190. The van der Waals surface area contributed by atoms with Crippen LogP contribution in [0.3, 0.4) is 0 Å². The molecule has 1 unspecified atom stereocenters. The molecule has 9 nitrogen and oxygen atoms in total. The molecule has 0 bridgehead atoms. The first kappa shape index (κ1) is 28.4. The Morgan fingerprint density at radius 1 is 1.31 bits per heavy atom. The largest absolute Gasteiger partial charge is 0.464 e. The molecule has 200 valence electrons. The van der Waals surface area contributed by atoms with Gasteiger partial charge in [0.25, 0.3) is 5.85 Å². The molecule has 1 aromatic carbocycles. The summed E-state index contributed by atoms with van der Waals surface area (Å²) in [7, 11) is -4.54. The van der Waals surface area contributed by atoms with Crippen molar-refractivity contribution in [2.24, 2.45) is 5.41 Å². The standard InChI is InChI=1S/C24H33F2N2O7P/c1-15(20(29)32-13-22(3,4)5)28-36(31,33-14-24(26)21(30)23(6,25)16(2)34-24)35-19-11-7-10-18-17(19)9-8-12-27-18/h7-12,15-16,21,30H,13-14H2,1-6H3,(H,28,31)/t15-,16-,21-,23-,24+,36?/m0/s1. The zero-order valence-corrected chi connectivity index (χ0v) is 22.1. The molecule has 2 N–H and O–H groups in total. The molecule has 3 rings (SSSR count). The Morgan fingerprint density at radius 3 is 2.61 bits per heavy atom. The number of pyridine rings is 1. The quantitative estimate of drug-likeness (QED) is 0.358. The van der Waals surface area contributed by atoms with Gasteiger partial charge in [0.2, 0.25) is 0 Å². The SMILES string of the molecule is C[C@H](NP(=O)(OC[C@@]1(F)O[C@@H](C)[C@](C)(F)[C@@H]1O)Oc1cccc2ncccc12)C(=O)OCC(C)(C)C. The highest BCUT2D eigenvalue weighted by Gasteiger charge is 2.62. The van der Waals surface area contributed by atoms with Crippen LogP contribution in [0.4, 0.5) is 8.78 Å². The summed E-state index contributed by atoms with van der Waals surface area (Å²) < 4.78 is 65.1. The molecule has 1 fully saturated rings. The van der Waals surface area contributed by atoms with E-state index in [9.17, 15) is 18.9 Å². The van der Waals surface area contributed by atoms with Crippen molar-refractivity contribution in [1.82, 2.24) is 10.1 Å². The second kappa shape index (κ2) is 10.3. The summed E-state index contributed by atoms with van der Waals surface area (Å²) in [5, 5.41) is 13.1. The summed E-state index contributed by atoms with van der Waals surface area (Å²) in [5.41, 5.74) is -2.20. The number of rotatable bonds is 9. The number of halogens is 2. The summed E-state index contributed by atoms with van der Waals surface area (Å²) in [4.78, 5) is 16.7. The molecule has 0 radical (unpaired) electrons. The number of benzene rings is 1. The molecule has 1 aliphatic rings. The van der Waals surface area contributed by atoms with Crippen LogP contribution in [0.1, 0.15) is 41.5 Å². The number of aliphatic hydroxyl groups is 1. The number of fused-ring (bicyclic) bond motifs is 1. The minimum Gasteiger partial charge on any atom is -0.464 e. The number of nitrogens with zero attached hydrogens (tertiary/aromatic N) is 1. The number of alkyl halides is 2. The maximum absolute atomic E-state index is 15.4. The Balaban J connectivity index is 1.86. The second-order valence-corrected chi connectivity index (χ2v) is 12.0. The van der Waals surface area contributed by atoms with Gasteiger partial charge in [-0.25, -0.2) is 13.3 Å². The molecule has 2 aromatic rings. The van der Waals surface area contributed by atoms with Crippen LogP contribution < -0.4 is 9.61 Å². The van der Waals surface area contributed by atoms with Gasteiger partial charge in [-0.15, -0.1) is 0 Å². The highest BCUT2D eigenvalue weighted by Crippen LogP contribution is 2.50. The van der Waals surface area contributed by atoms with Crippen LogP contribution in [0, 0.1) is 5.41 Å². The van der Waals surface area contributed by atoms with Gasteiger partial charge in [0.15, 0.2) is 11.8 Å². The fourth-order valence-corrected chi connectivity index (χ4v) is 5.00. The van der Waals surface area contributed by atoms with Gasteiger partial charge in [0.05, 0.1) is 18.2 Å². The Labute approximate surface area is 209 Å². The van der Waals surface area contributed by atoms with E-state index in [1.807, 2.05) is 20.8 Å². The lowest BCUT2D eigenvalue weighted by Gasteiger charge is -2.28. The van der Waals surface area contributed by atoms with Gasteiger partial charge in [-0.1, -0.05) is 26.8 Å². The number of aromatic nitrogens is 1. The Bertz CT molecular complexity index is 1140. The minimum atomic E-state index is -4.54. The molecule has 0 saturated carbocycles. The summed E-state index contributed by atoms with van der Waals surface area (Å²) >= 11 is 0. The number of ether oxygens (including phenoxy) is 2. The van der Waals surface area contributed by atoms with Crippen molar-refractivity contribution < 1.29 is 41.8 Å². The first-order chi connectivity index (χ1) is 16.6. The van der Waals surface area contributed by atoms with Crippen molar-refractivity contribution in [3.63, 3.8) is 0 Å². The predicted molar refractivity (Wildman–Crippen MR) is 129 cm³/mol. The van der Waals surface area contributed by atoms with Crippen LogP contribution in [-0.2, 0) is 23.4 Å². The molecule has 12 heteroatoms. The highest BCUT2D eigenvalue weighted by atomic mass is 31.2. The van der Waals surface area contributed by atoms with Crippen LogP contribution in [0.15, 0.2) is 36.5 Å². The molecule has 0 amide bonds. The normalized spacial score (nSPS) is 29.0. The second-order valence-electron chi connectivity index (χ2n) is 10.3. The number of hydrogen-bond acceptors (Lipinski definition) is 8. The van der Waals surface area contributed by atoms with E-state index in [0.29, 0.717) is 10.9 Å². The predicted octanol–water partition coefficient (Wildman–Crippen LogP) is 4.48. The van der Waals surface area contributed by atoms with Crippen molar-refractivity contribution in [1.29, 1.82) is 0 Å². The smallest absolute Gasteiger partial charge is 0.459 e. The van der Waals surface area contributed by atoms with Gasteiger partial charge in [-0.05, 0) is 50.5 Å². The average molecular weight is 531 g/mol. The molecule has 36 heavy (non-hydrogen) atoms. The van der Waals surface area contributed by atoms with E-state index < -0.39 is 50.1 Å². The third-order valence-electron chi connectivity index (χ3n) is 5.72. The van der Waals surface area contributed by atoms with E-state index in [1.165, 1.54) is 19.9 Å². The molecule has 1 saturated heterocycles.